The Morgan fingerprint density at radius 2 is 1.96 bits per heavy atom. The normalized spacial score (nSPS) is 11.1. The van der Waals surface area contributed by atoms with Crippen LogP contribution >= 0.6 is 0 Å². The first-order chi connectivity index (χ1) is 12.1. The van der Waals surface area contributed by atoms with E-state index in [1.165, 1.54) is 16.8 Å². The van der Waals surface area contributed by atoms with E-state index in [9.17, 15) is 9.59 Å². The van der Waals surface area contributed by atoms with E-state index in [-0.39, 0.29) is 11.1 Å². The summed E-state index contributed by atoms with van der Waals surface area (Å²) in [6, 6.07) is 11.5. The third kappa shape index (κ3) is 2.33. The quantitative estimate of drug-likeness (QED) is 0.599. The second-order valence-electron chi connectivity index (χ2n) is 5.53. The molecule has 124 valence electrons. The van der Waals surface area contributed by atoms with Crippen LogP contribution in [0.4, 0.5) is 0 Å². The second kappa shape index (κ2) is 5.48. The van der Waals surface area contributed by atoms with Crippen LogP contribution in [0.5, 0.6) is 5.75 Å². The zero-order chi connectivity index (χ0) is 17.6. The van der Waals surface area contributed by atoms with E-state index in [2.05, 4.69) is 10.1 Å². The third-order valence-electron chi connectivity index (χ3n) is 4.09. The van der Waals surface area contributed by atoms with Crippen LogP contribution in [0.2, 0.25) is 0 Å². The molecular weight excluding hydrogens is 322 g/mol. The number of nitrogens with one attached hydrogen (secondary N) is 1. The van der Waals surface area contributed by atoms with Crippen LogP contribution in [-0.4, -0.2) is 33.0 Å². The molecule has 2 heterocycles. The molecule has 7 heteroatoms. The molecule has 0 unspecified atom stereocenters. The highest BCUT2D eigenvalue weighted by Crippen LogP contribution is 2.29. The van der Waals surface area contributed by atoms with Gasteiger partial charge in [0.2, 0.25) is 0 Å². The van der Waals surface area contributed by atoms with Gasteiger partial charge in [0.15, 0.2) is 0 Å². The molecule has 0 spiro atoms. The summed E-state index contributed by atoms with van der Waals surface area (Å²) in [6.45, 7) is 0. The summed E-state index contributed by atoms with van der Waals surface area (Å²) in [5.41, 5.74) is 2.21. The van der Waals surface area contributed by atoms with Crippen molar-refractivity contribution >= 4 is 16.9 Å². The number of carboxylic acid groups (broad SMARTS) is 1. The first kappa shape index (κ1) is 14.9. The molecule has 0 saturated heterocycles. The van der Waals surface area contributed by atoms with E-state index < -0.39 is 5.97 Å². The molecule has 0 aliphatic carbocycles. The van der Waals surface area contributed by atoms with Crippen LogP contribution in [-0.2, 0) is 0 Å². The van der Waals surface area contributed by atoms with Gasteiger partial charge in [-0.05, 0) is 42.5 Å². The first-order valence-corrected chi connectivity index (χ1v) is 7.50. The summed E-state index contributed by atoms with van der Waals surface area (Å²) in [7, 11) is 1.58. The number of rotatable bonds is 3. The zero-order valence-corrected chi connectivity index (χ0v) is 13.2. The summed E-state index contributed by atoms with van der Waals surface area (Å²) in [5, 5.41) is 14.2. The molecule has 0 atom stereocenters. The summed E-state index contributed by atoms with van der Waals surface area (Å²) in [4.78, 5) is 26.7. The van der Waals surface area contributed by atoms with Gasteiger partial charge >= 0.3 is 5.97 Å². The van der Waals surface area contributed by atoms with Gasteiger partial charge < -0.3 is 14.8 Å². The highest BCUT2D eigenvalue weighted by atomic mass is 16.5. The number of aromatic amines is 1. The number of carbonyl (C=O) groups is 1. The Bertz CT molecular complexity index is 1130. The molecular formula is C18H13N3O4. The number of carboxylic acids is 1. The highest BCUT2D eigenvalue weighted by molar-refractivity contribution is 5.94. The van der Waals surface area contributed by atoms with Gasteiger partial charge in [-0.25, -0.2) is 4.79 Å². The molecule has 7 nitrogen and oxygen atoms in total. The number of methoxy groups -OCH3 is 1. The minimum absolute atomic E-state index is 0.149. The fourth-order valence-corrected chi connectivity index (χ4v) is 2.79. The molecule has 0 saturated carbocycles. The van der Waals surface area contributed by atoms with Crippen molar-refractivity contribution in [3.05, 3.63) is 64.6 Å². The summed E-state index contributed by atoms with van der Waals surface area (Å²) >= 11 is 0. The topological polar surface area (TPSA) is 97.2 Å². The van der Waals surface area contributed by atoms with Crippen molar-refractivity contribution in [3.63, 3.8) is 0 Å². The van der Waals surface area contributed by atoms with Crippen molar-refractivity contribution in [3.8, 4) is 22.7 Å². The minimum atomic E-state index is -1.02. The first-order valence-electron chi connectivity index (χ1n) is 7.50. The van der Waals surface area contributed by atoms with Gasteiger partial charge in [-0.1, -0.05) is 0 Å². The van der Waals surface area contributed by atoms with Gasteiger partial charge in [-0.3, -0.25) is 4.79 Å². The molecule has 4 rings (SSSR count). The Hall–Kier alpha value is -3.61. The van der Waals surface area contributed by atoms with Crippen molar-refractivity contribution in [2.24, 2.45) is 0 Å². The van der Waals surface area contributed by atoms with Crippen molar-refractivity contribution in [1.29, 1.82) is 0 Å². The number of aromatic nitrogens is 3. The van der Waals surface area contributed by atoms with Gasteiger partial charge in [-0.15, -0.1) is 0 Å². The van der Waals surface area contributed by atoms with Crippen molar-refractivity contribution in [2.45, 2.75) is 0 Å². The average molecular weight is 335 g/mol. The van der Waals surface area contributed by atoms with Crippen LogP contribution in [0.15, 0.2) is 53.5 Å². The number of H-pyrrole nitrogens is 1. The molecule has 2 aromatic rings. The number of nitrogens with zero attached hydrogens (tertiary/aromatic N) is 2. The maximum absolute atomic E-state index is 12.7. The van der Waals surface area contributed by atoms with Crippen LogP contribution in [0.1, 0.15) is 10.4 Å². The predicted octanol–water partition coefficient (Wildman–Crippen LogP) is 2.53. The molecule has 2 aliphatic heterocycles. The Balaban J connectivity index is 1.94. The lowest BCUT2D eigenvalue weighted by Crippen LogP contribution is -2.14. The molecule has 2 aliphatic rings. The smallest absolute Gasteiger partial charge is 0.335 e. The van der Waals surface area contributed by atoms with Crippen molar-refractivity contribution < 1.29 is 14.6 Å². The van der Waals surface area contributed by atoms with Crippen molar-refractivity contribution in [1.82, 2.24) is 14.8 Å². The fraction of sp³-hybridized carbons (Fsp3) is 0.0556. The summed E-state index contributed by atoms with van der Waals surface area (Å²) < 4.78 is 6.51. The Labute approximate surface area is 141 Å². The summed E-state index contributed by atoms with van der Waals surface area (Å²) in [5.74, 6) is -0.353. The maximum atomic E-state index is 12.7. The van der Waals surface area contributed by atoms with Gasteiger partial charge in [0, 0.05) is 17.1 Å². The highest BCUT2D eigenvalue weighted by Gasteiger charge is 2.19. The average Bonchev–Trinajstić information content (AvgIpc) is 2.98. The molecule has 2 N–H and O–H groups in total. The van der Waals surface area contributed by atoms with Crippen molar-refractivity contribution in [2.75, 3.05) is 7.11 Å². The summed E-state index contributed by atoms with van der Waals surface area (Å²) in [6.07, 6.45) is 1.63. The minimum Gasteiger partial charge on any atom is -0.497 e. The van der Waals surface area contributed by atoms with E-state index in [0.29, 0.717) is 22.7 Å². The Morgan fingerprint density at radius 3 is 2.64 bits per heavy atom. The molecule has 0 fully saturated rings. The maximum Gasteiger partial charge on any atom is 0.335 e. The van der Waals surface area contributed by atoms with E-state index >= 15 is 0 Å². The van der Waals surface area contributed by atoms with Gasteiger partial charge in [0.25, 0.3) is 5.56 Å². The second-order valence-corrected chi connectivity index (χ2v) is 5.53. The lowest BCUT2D eigenvalue weighted by atomic mass is 10.1. The molecule has 2 aromatic carbocycles. The zero-order valence-electron chi connectivity index (χ0n) is 13.2. The predicted molar refractivity (Wildman–Crippen MR) is 91.8 cm³/mol. The number of fused-ring (bicyclic) bond motifs is 3. The van der Waals surface area contributed by atoms with E-state index in [4.69, 9.17) is 9.84 Å². The van der Waals surface area contributed by atoms with Crippen LogP contribution < -0.4 is 10.3 Å². The monoisotopic (exact) mass is 335 g/mol. The van der Waals surface area contributed by atoms with Crippen LogP contribution in [0, 0.1) is 0 Å². The standard InChI is InChI=1S/C18H13N3O4/c1-25-12-6-7-15-13(8-12)16-14(9-19-15)17(22)21(20-16)11-4-2-10(3-5-11)18(23)24/h2-9,19H,1H3,(H,23,24). The number of ether oxygens (including phenoxy) is 1. The van der Waals surface area contributed by atoms with E-state index in [0.717, 1.165) is 10.9 Å². The lowest BCUT2D eigenvalue weighted by molar-refractivity contribution is 0.0697. The molecule has 0 aromatic heterocycles. The van der Waals surface area contributed by atoms with Crippen LogP contribution in [0.25, 0.3) is 27.8 Å². The van der Waals surface area contributed by atoms with E-state index in [1.807, 2.05) is 18.2 Å². The number of hydrogen-bond donors (Lipinski definition) is 2. The Kier molecular flexibility index (Phi) is 3.28. The number of pyridine rings is 1. The fourth-order valence-electron chi connectivity index (χ4n) is 2.79. The Morgan fingerprint density at radius 1 is 1.20 bits per heavy atom. The number of hydrogen-bond acceptors (Lipinski definition) is 4. The SMILES string of the molecule is COc1ccc2[nH]cc3c(=O)n(-c4ccc(C(=O)O)cc4)nc-3c2c1. The lowest BCUT2D eigenvalue weighted by Gasteiger charge is -2.05. The molecule has 25 heavy (non-hydrogen) atoms. The van der Waals surface area contributed by atoms with Crippen LogP contribution in [0.3, 0.4) is 0 Å². The van der Waals surface area contributed by atoms with Gasteiger partial charge in [-0.2, -0.15) is 9.78 Å². The molecule has 0 amide bonds. The molecule has 0 radical (unpaired) electrons. The largest absolute Gasteiger partial charge is 0.497 e. The van der Waals surface area contributed by atoms with E-state index in [1.54, 1.807) is 25.4 Å². The third-order valence-corrected chi connectivity index (χ3v) is 4.09. The number of aromatic carboxylic acids is 1. The van der Waals surface area contributed by atoms with Gasteiger partial charge in [0.1, 0.15) is 11.4 Å². The molecule has 0 bridgehead atoms. The number of benzene rings is 2. The van der Waals surface area contributed by atoms with Gasteiger partial charge in [0.05, 0.1) is 23.9 Å².